The first kappa shape index (κ1) is 16.2. The van der Waals surface area contributed by atoms with Gasteiger partial charge in [0.25, 0.3) is 5.91 Å². The molecule has 3 heterocycles. The quantitative estimate of drug-likeness (QED) is 0.921. The zero-order valence-electron chi connectivity index (χ0n) is 13.9. The lowest BCUT2D eigenvalue weighted by Crippen LogP contribution is -2.32. The molecule has 1 aliphatic rings. The van der Waals surface area contributed by atoms with Crippen molar-refractivity contribution >= 4 is 11.8 Å². The molecule has 2 aromatic rings. The number of aryl methyl sites for hydroxylation is 1. The molecule has 7 nitrogen and oxygen atoms in total. The molecule has 0 radical (unpaired) electrons. The Labute approximate surface area is 140 Å². The van der Waals surface area contributed by atoms with E-state index in [0.29, 0.717) is 24.5 Å². The Kier molecular flexibility index (Phi) is 4.59. The number of hydrogen-bond acceptors (Lipinski definition) is 4. The van der Waals surface area contributed by atoms with Gasteiger partial charge < -0.3 is 14.8 Å². The van der Waals surface area contributed by atoms with Gasteiger partial charge >= 0.3 is 0 Å². The van der Waals surface area contributed by atoms with Crippen LogP contribution in [0.4, 0.5) is 0 Å². The molecule has 0 spiro atoms. The number of carbonyl (C=O) groups is 2. The summed E-state index contributed by atoms with van der Waals surface area (Å²) in [6, 6.07) is 3.63. The van der Waals surface area contributed by atoms with Crippen molar-refractivity contribution in [2.24, 2.45) is 7.05 Å². The smallest absolute Gasteiger partial charge is 0.271 e. The number of likely N-dealkylation sites (tertiary alicyclic amines) is 1. The fourth-order valence-corrected chi connectivity index (χ4v) is 3.03. The number of carbonyl (C=O) groups excluding carboxylic acids is 2. The van der Waals surface area contributed by atoms with Gasteiger partial charge in [0.05, 0.1) is 36.4 Å². The lowest BCUT2D eigenvalue weighted by molar-refractivity contribution is -0.119. The number of nitrogens with one attached hydrogen (secondary N) is 1. The highest BCUT2D eigenvalue weighted by Crippen LogP contribution is 2.31. The Bertz CT molecular complexity index is 755. The fraction of sp³-hybridized carbons (Fsp3) is 0.412. The van der Waals surface area contributed by atoms with Gasteiger partial charge in [-0.2, -0.15) is 0 Å². The minimum absolute atomic E-state index is 0.0130. The van der Waals surface area contributed by atoms with E-state index in [1.54, 1.807) is 12.4 Å². The van der Waals surface area contributed by atoms with E-state index in [9.17, 15) is 9.59 Å². The van der Waals surface area contributed by atoms with Crippen LogP contribution in [0.5, 0.6) is 0 Å². The zero-order valence-corrected chi connectivity index (χ0v) is 13.9. The molecule has 1 atom stereocenters. The molecule has 0 bridgehead atoms. The van der Waals surface area contributed by atoms with Crippen LogP contribution in [-0.4, -0.2) is 37.8 Å². The van der Waals surface area contributed by atoms with Crippen molar-refractivity contribution in [3.63, 3.8) is 0 Å². The number of nitrogens with zero attached hydrogens (tertiary/aromatic N) is 4. The highest BCUT2D eigenvalue weighted by Gasteiger charge is 2.32. The molecule has 126 valence electrons. The monoisotopic (exact) mass is 327 g/mol. The van der Waals surface area contributed by atoms with E-state index >= 15 is 0 Å². The SMILES string of the molecule is CC(=O)NCc1cncc(C2CCCN2C(=O)c2cccn2C)n1. The van der Waals surface area contributed by atoms with Gasteiger partial charge in [-0.25, -0.2) is 0 Å². The second-order valence-corrected chi connectivity index (χ2v) is 6.01. The molecule has 1 aliphatic heterocycles. The van der Waals surface area contributed by atoms with Gasteiger partial charge in [0.1, 0.15) is 5.69 Å². The molecule has 1 N–H and O–H groups in total. The maximum atomic E-state index is 12.8. The molecule has 7 heteroatoms. The van der Waals surface area contributed by atoms with Crippen LogP contribution in [0, 0.1) is 0 Å². The molecule has 0 aromatic carbocycles. The standard InChI is InChI=1S/C17H21N5O2/c1-12(23)19-10-13-9-18-11-14(20-13)15-5-4-8-22(15)17(24)16-6-3-7-21(16)2/h3,6-7,9,11,15H,4-5,8,10H2,1-2H3,(H,19,23). The molecule has 1 unspecified atom stereocenters. The summed E-state index contributed by atoms with van der Waals surface area (Å²) in [5.41, 5.74) is 2.14. The molecule has 2 aromatic heterocycles. The second-order valence-electron chi connectivity index (χ2n) is 6.01. The molecule has 1 saturated heterocycles. The van der Waals surface area contributed by atoms with Crippen LogP contribution in [0.15, 0.2) is 30.7 Å². The summed E-state index contributed by atoms with van der Waals surface area (Å²) in [7, 11) is 1.87. The number of rotatable bonds is 4. The first-order valence-electron chi connectivity index (χ1n) is 8.04. The summed E-state index contributed by atoms with van der Waals surface area (Å²) in [6.07, 6.45) is 7.02. The predicted molar refractivity (Wildman–Crippen MR) is 88.0 cm³/mol. The zero-order chi connectivity index (χ0) is 17.1. The Hall–Kier alpha value is -2.70. The van der Waals surface area contributed by atoms with Crippen molar-refractivity contribution in [3.8, 4) is 0 Å². The molecular weight excluding hydrogens is 306 g/mol. The Morgan fingerprint density at radius 1 is 1.38 bits per heavy atom. The summed E-state index contributed by atoms with van der Waals surface area (Å²) in [5.74, 6) is -0.0948. The molecule has 0 aliphatic carbocycles. The van der Waals surface area contributed by atoms with Crippen LogP contribution in [0.2, 0.25) is 0 Å². The third-order valence-corrected chi connectivity index (χ3v) is 4.24. The van der Waals surface area contributed by atoms with Gasteiger partial charge in [0.15, 0.2) is 0 Å². The van der Waals surface area contributed by atoms with Gasteiger partial charge in [0.2, 0.25) is 5.91 Å². The first-order valence-corrected chi connectivity index (χ1v) is 8.04. The number of hydrogen-bond donors (Lipinski definition) is 1. The van der Waals surface area contributed by atoms with E-state index in [-0.39, 0.29) is 17.9 Å². The Morgan fingerprint density at radius 3 is 2.92 bits per heavy atom. The molecule has 24 heavy (non-hydrogen) atoms. The van der Waals surface area contributed by atoms with Crippen molar-refractivity contribution in [3.05, 3.63) is 47.8 Å². The Morgan fingerprint density at radius 2 is 2.21 bits per heavy atom. The molecule has 0 saturated carbocycles. The van der Waals surface area contributed by atoms with Gasteiger partial charge in [-0.1, -0.05) is 0 Å². The predicted octanol–water partition coefficient (Wildman–Crippen LogP) is 1.43. The third-order valence-electron chi connectivity index (χ3n) is 4.24. The van der Waals surface area contributed by atoms with Crippen LogP contribution < -0.4 is 5.32 Å². The summed E-state index contributed by atoms with van der Waals surface area (Å²) in [4.78, 5) is 34.5. The van der Waals surface area contributed by atoms with Gasteiger partial charge in [0, 0.05) is 26.7 Å². The van der Waals surface area contributed by atoms with Crippen LogP contribution in [0.1, 0.15) is 47.7 Å². The average molecular weight is 327 g/mol. The summed E-state index contributed by atoms with van der Waals surface area (Å²) in [5, 5.41) is 2.72. The normalized spacial score (nSPS) is 17.1. The van der Waals surface area contributed by atoms with E-state index in [1.807, 2.05) is 34.8 Å². The third kappa shape index (κ3) is 3.29. The molecule has 1 fully saturated rings. The minimum atomic E-state index is -0.108. The topological polar surface area (TPSA) is 80.1 Å². The second kappa shape index (κ2) is 6.82. The fourth-order valence-electron chi connectivity index (χ4n) is 3.03. The van der Waals surface area contributed by atoms with E-state index in [0.717, 1.165) is 18.5 Å². The molecule has 3 rings (SSSR count). The van der Waals surface area contributed by atoms with Crippen molar-refractivity contribution in [1.82, 2.24) is 24.8 Å². The molecular formula is C17H21N5O2. The minimum Gasteiger partial charge on any atom is -0.351 e. The summed E-state index contributed by atoms with van der Waals surface area (Å²) in [6.45, 7) is 2.52. The lowest BCUT2D eigenvalue weighted by Gasteiger charge is -2.24. The van der Waals surface area contributed by atoms with Crippen LogP contribution in [-0.2, 0) is 18.4 Å². The number of aromatic nitrogens is 3. The van der Waals surface area contributed by atoms with Crippen molar-refractivity contribution in [1.29, 1.82) is 0 Å². The lowest BCUT2D eigenvalue weighted by atomic mass is 10.1. The average Bonchev–Trinajstić information content (AvgIpc) is 3.21. The molecule has 2 amide bonds. The number of amides is 2. The summed E-state index contributed by atoms with van der Waals surface area (Å²) >= 11 is 0. The van der Waals surface area contributed by atoms with E-state index in [2.05, 4.69) is 15.3 Å². The van der Waals surface area contributed by atoms with Gasteiger partial charge in [-0.15, -0.1) is 0 Å². The Balaban J connectivity index is 1.80. The maximum Gasteiger partial charge on any atom is 0.271 e. The van der Waals surface area contributed by atoms with Crippen LogP contribution in [0.3, 0.4) is 0 Å². The van der Waals surface area contributed by atoms with Crippen LogP contribution in [0.25, 0.3) is 0 Å². The largest absolute Gasteiger partial charge is 0.351 e. The van der Waals surface area contributed by atoms with E-state index < -0.39 is 0 Å². The van der Waals surface area contributed by atoms with Gasteiger partial charge in [-0.3, -0.25) is 19.6 Å². The van der Waals surface area contributed by atoms with E-state index in [1.165, 1.54) is 6.92 Å². The van der Waals surface area contributed by atoms with Crippen molar-refractivity contribution in [2.75, 3.05) is 6.54 Å². The van der Waals surface area contributed by atoms with Crippen molar-refractivity contribution in [2.45, 2.75) is 32.4 Å². The maximum absolute atomic E-state index is 12.8. The van der Waals surface area contributed by atoms with Crippen molar-refractivity contribution < 1.29 is 9.59 Å². The highest BCUT2D eigenvalue weighted by molar-refractivity contribution is 5.93. The highest BCUT2D eigenvalue weighted by atomic mass is 16.2. The van der Waals surface area contributed by atoms with Crippen LogP contribution >= 0.6 is 0 Å². The van der Waals surface area contributed by atoms with E-state index in [4.69, 9.17) is 0 Å². The first-order chi connectivity index (χ1) is 11.6. The van der Waals surface area contributed by atoms with Gasteiger partial charge in [-0.05, 0) is 25.0 Å². The summed E-state index contributed by atoms with van der Waals surface area (Å²) < 4.78 is 1.83.